The van der Waals surface area contributed by atoms with Crippen molar-refractivity contribution in [3.63, 3.8) is 0 Å². The van der Waals surface area contributed by atoms with E-state index >= 15 is 0 Å². The van der Waals surface area contributed by atoms with Crippen LogP contribution in [0.2, 0.25) is 0 Å². The lowest BCUT2D eigenvalue weighted by Crippen LogP contribution is -1.82. The molecule has 78 valence electrons. The molecule has 3 rings (SSSR count). The first-order valence-electron chi connectivity index (χ1n) is 4.59. The molecule has 0 aliphatic rings. The first-order valence-corrected chi connectivity index (χ1v) is 5.47. The Labute approximate surface area is 94.4 Å². The molecule has 0 N–H and O–H groups in total. The second-order valence-corrected chi connectivity index (χ2v) is 4.10. The smallest absolute Gasteiger partial charge is 0.210 e. The normalized spacial score (nSPS) is 10.8. The average Bonchev–Trinajstić information content (AvgIpc) is 2.95. The van der Waals surface area contributed by atoms with Gasteiger partial charge in [0.1, 0.15) is 5.69 Å². The van der Waals surface area contributed by atoms with Gasteiger partial charge in [-0.05, 0) is 16.6 Å². The van der Waals surface area contributed by atoms with Gasteiger partial charge in [-0.1, -0.05) is 6.07 Å². The Morgan fingerprint density at radius 1 is 1.44 bits per heavy atom. The molecule has 0 bridgehead atoms. The van der Waals surface area contributed by atoms with Gasteiger partial charge in [-0.2, -0.15) is 0 Å². The van der Waals surface area contributed by atoms with Crippen molar-refractivity contribution in [2.45, 2.75) is 0 Å². The molecule has 0 aliphatic heterocycles. The van der Waals surface area contributed by atoms with Crippen molar-refractivity contribution in [2.24, 2.45) is 5.18 Å². The number of hydrogen-bond acceptors (Lipinski definition) is 5. The van der Waals surface area contributed by atoms with E-state index in [0.717, 1.165) is 4.88 Å². The Balaban J connectivity index is 2.37. The van der Waals surface area contributed by atoms with Crippen molar-refractivity contribution in [1.82, 2.24) is 14.4 Å². The molecule has 0 aliphatic carbocycles. The lowest BCUT2D eigenvalue weighted by atomic mass is 10.3. The Morgan fingerprint density at radius 2 is 2.38 bits per heavy atom. The zero-order valence-corrected chi connectivity index (χ0v) is 8.89. The van der Waals surface area contributed by atoms with E-state index in [2.05, 4.69) is 15.1 Å². The molecule has 0 saturated heterocycles. The SMILES string of the molecule is O=Nc1c(-c2cccs2)nc2cnccn12. The van der Waals surface area contributed by atoms with Crippen LogP contribution in [0.4, 0.5) is 5.82 Å². The highest BCUT2D eigenvalue weighted by Crippen LogP contribution is 2.33. The zero-order chi connectivity index (χ0) is 11.0. The molecule has 0 radical (unpaired) electrons. The number of imidazole rings is 1. The second-order valence-electron chi connectivity index (χ2n) is 3.16. The lowest BCUT2D eigenvalue weighted by Gasteiger charge is -1.92. The number of hydrogen-bond donors (Lipinski definition) is 0. The Kier molecular flexibility index (Phi) is 2.00. The van der Waals surface area contributed by atoms with Crippen LogP contribution in [-0.2, 0) is 0 Å². The minimum absolute atomic E-state index is 0.319. The van der Waals surface area contributed by atoms with Crippen LogP contribution in [0.15, 0.2) is 41.3 Å². The standard InChI is InChI=1S/C10H6N4OS/c15-13-10-9(7-2-1-5-16-7)12-8-6-11-3-4-14(8)10/h1-6H. The minimum Gasteiger partial charge on any atom is -0.278 e. The summed E-state index contributed by atoms with van der Waals surface area (Å²) in [6.45, 7) is 0. The molecule has 3 heterocycles. The van der Waals surface area contributed by atoms with Crippen LogP contribution in [0, 0.1) is 4.91 Å². The number of nitroso groups, excluding NO2 is 1. The molecule has 0 saturated carbocycles. The third-order valence-electron chi connectivity index (χ3n) is 2.25. The molecule has 0 fully saturated rings. The van der Waals surface area contributed by atoms with E-state index in [1.807, 2.05) is 17.5 Å². The van der Waals surface area contributed by atoms with Crippen molar-refractivity contribution < 1.29 is 0 Å². The van der Waals surface area contributed by atoms with Gasteiger partial charge < -0.3 is 0 Å². The first kappa shape index (κ1) is 9.17. The van der Waals surface area contributed by atoms with Gasteiger partial charge in [-0.3, -0.25) is 9.38 Å². The fraction of sp³-hybridized carbons (Fsp3) is 0. The van der Waals surface area contributed by atoms with Gasteiger partial charge in [-0.15, -0.1) is 16.2 Å². The van der Waals surface area contributed by atoms with E-state index in [4.69, 9.17) is 0 Å². The molecule has 0 atom stereocenters. The molecular weight excluding hydrogens is 224 g/mol. The molecule has 0 unspecified atom stereocenters. The number of rotatable bonds is 2. The number of aromatic nitrogens is 3. The third-order valence-corrected chi connectivity index (χ3v) is 3.12. The molecule has 6 heteroatoms. The van der Waals surface area contributed by atoms with E-state index in [-0.39, 0.29) is 0 Å². The quantitative estimate of drug-likeness (QED) is 0.636. The third kappa shape index (κ3) is 1.24. The summed E-state index contributed by atoms with van der Waals surface area (Å²) in [5.74, 6) is 0.319. The van der Waals surface area contributed by atoms with Gasteiger partial charge in [0.2, 0.25) is 5.82 Å². The van der Waals surface area contributed by atoms with Crippen LogP contribution >= 0.6 is 11.3 Å². The van der Waals surface area contributed by atoms with Crippen LogP contribution in [0.25, 0.3) is 16.2 Å². The highest BCUT2D eigenvalue weighted by atomic mass is 32.1. The summed E-state index contributed by atoms with van der Waals surface area (Å²) in [6.07, 6.45) is 4.88. The van der Waals surface area contributed by atoms with Crippen molar-refractivity contribution >= 4 is 22.8 Å². The van der Waals surface area contributed by atoms with Crippen LogP contribution < -0.4 is 0 Å². The minimum atomic E-state index is 0.319. The molecule has 0 aromatic carbocycles. The Hall–Kier alpha value is -2.08. The summed E-state index contributed by atoms with van der Waals surface area (Å²) in [7, 11) is 0. The van der Waals surface area contributed by atoms with E-state index in [1.165, 1.54) is 11.3 Å². The van der Waals surface area contributed by atoms with Gasteiger partial charge >= 0.3 is 0 Å². The fourth-order valence-electron chi connectivity index (χ4n) is 1.56. The zero-order valence-electron chi connectivity index (χ0n) is 8.07. The molecule has 0 amide bonds. The van der Waals surface area contributed by atoms with E-state index < -0.39 is 0 Å². The maximum atomic E-state index is 10.9. The van der Waals surface area contributed by atoms with Crippen molar-refractivity contribution in [3.8, 4) is 10.6 Å². The molecule has 5 nitrogen and oxygen atoms in total. The molecular formula is C10H6N4OS. The maximum Gasteiger partial charge on any atom is 0.210 e. The van der Waals surface area contributed by atoms with Gasteiger partial charge in [0.15, 0.2) is 5.65 Å². The molecule has 3 aromatic rings. The number of thiophene rings is 1. The predicted octanol–water partition coefficient (Wildman–Crippen LogP) is 2.86. The maximum absolute atomic E-state index is 10.9. The van der Waals surface area contributed by atoms with Gasteiger partial charge in [-0.25, -0.2) is 4.98 Å². The summed E-state index contributed by atoms with van der Waals surface area (Å²) >= 11 is 1.53. The fourth-order valence-corrected chi connectivity index (χ4v) is 2.27. The van der Waals surface area contributed by atoms with Gasteiger partial charge in [0.05, 0.1) is 11.1 Å². The predicted molar refractivity (Wildman–Crippen MR) is 61.8 cm³/mol. The molecule has 3 aromatic heterocycles. The van der Waals surface area contributed by atoms with Crippen molar-refractivity contribution in [2.75, 3.05) is 0 Å². The van der Waals surface area contributed by atoms with Crippen molar-refractivity contribution in [1.29, 1.82) is 0 Å². The topological polar surface area (TPSA) is 59.6 Å². The number of nitrogens with zero attached hydrogens (tertiary/aromatic N) is 4. The van der Waals surface area contributed by atoms with E-state index in [1.54, 1.807) is 23.0 Å². The molecule has 0 spiro atoms. The summed E-state index contributed by atoms with van der Waals surface area (Å²) in [5.41, 5.74) is 1.23. The van der Waals surface area contributed by atoms with Crippen molar-refractivity contribution in [3.05, 3.63) is 41.0 Å². The molecule has 16 heavy (non-hydrogen) atoms. The van der Waals surface area contributed by atoms with E-state index in [0.29, 0.717) is 17.2 Å². The highest BCUT2D eigenvalue weighted by molar-refractivity contribution is 7.13. The average molecular weight is 230 g/mol. The van der Waals surface area contributed by atoms with Gasteiger partial charge in [0, 0.05) is 12.4 Å². The first-order chi connectivity index (χ1) is 7.90. The summed E-state index contributed by atoms with van der Waals surface area (Å²) in [4.78, 5) is 20.1. The monoisotopic (exact) mass is 230 g/mol. The Bertz CT molecular complexity index is 644. The second kappa shape index (κ2) is 3.49. The Morgan fingerprint density at radius 3 is 3.12 bits per heavy atom. The summed E-state index contributed by atoms with van der Waals surface area (Å²) in [6, 6.07) is 3.82. The highest BCUT2D eigenvalue weighted by Gasteiger charge is 2.14. The summed E-state index contributed by atoms with van der Waals surface area (Å²) < 4.78 is 1.63. The lowest BCUT2D eigenvalue weighted by molar-refractivity contribution is 1.11. The summed E-state index contributed by atoms with van der Waals surface area (Å²) in [5, 5.41) is 4.98. The van der Waals surface area contributed by atoms with Crippen LogP contribution in [0.5, 0.6) is 0 Å². The van der Waals surface area contributed by atoms with Crippen LogP contribution in [-0.4, -0.2) is 14.4 Å². The van der Waals surface area contributed by atoms with E-state index in [9.17, 15) is 4.91 Å². The van der Waals surface area contributed by atoms with Crippen LogP contribution in [0.1, 0.15) is 0 Å². The van der Waals surface area contributed by atoms with Crippen LogP contribution in [0.3, 0.4) is 0 Å². The number of fused-ring (bicyclic) bond motifs is 1. The largest absolute Gasteiger partial charge is 0.278 e. The van der Waals surface area contributed by atoms with Gasteiger partial charge in [0.25, 0.3) is 0 Å².